The Kier molecular flexibility index (Phi) is 7.25. The van der Waals surface area contributed by atoms with Gasteiger partial charge in [-0.3, -0.25) is 4.79 Å². The van der Waals surface area contributed by atoms with Crippen LogP contribution in [0, 0.1) is 5.92 Å². The van der Waals surface area contributed by atoms with E-state index in [4.69, 9.17) is 5.11 Å². The Balaban J connectivity index is 2.40. The molecule has 0 aromatic carbocycles. The molecule has 0 aliphatic heterocycles. The number of rotatable bonds is 7. The molecular weight excluding hydrogens is 214 g/mol. The molecule has 0 aromatic heterocycles. The van der Waals surface area contributed by atoms with E-state index in [1.54, 1.807) is 0 Å². The third kappa shape index (κ3) is 5.07. The van der Waals surface area contributed by atoms with E-state index in [0.717, 1.165) is 25.8 Å². The van der Waals surface area contributed by atoms with Gasteiger partial charge in [0, 0.05) is 19.0 Å². The van der Waals surface area contributed by atoms with Crippen LogP contribution in [0.3, 0.4) is 0 Å². The van der Waals surface area contributed by atoms with Crippen LogP contribution >= 0.6 is 0 Å². The summed E-state index contributed by atoms with van der Waals surface area (Å²) in [5.41, 5.74) is 0. The van der Waals surface area contributed by atoms with Crippen molar-refractivity contribution in [2.45, 2.75) is 58.3 Å². The van der Waals surface area contributed by atoms with Crippen molar-refractivity contribution in [2.75, 3.05) is 19.7 Å². The molecule has 0 saturated heterocycles. The molecule has 0 spiro atoms. The fraction of sp³-hybridized carbons (Fsp3) is 0.929. The number of aliphatic hydroxyl groups excluding tert-OH is 1. The topological polar surface area (TPSA) is 40.5 Å². The second-order valence-electron chi connectivity index (χ2n) is 5.09. The standard InChI is InChI=1S/C14H27NO2/c1-2-3-7-10-15(11-12-16)14(17)13-8-5-4-6-9-13/h13,16H,2-12H2,1H3. The zero-order valence-corrected chi connectivity index (χ0v) is 11.2. The first-order valence-electron chi connectivity index (χ1n) is 7.19. The number of carbonyl (C=O) groups excluding carboxylic acids is 1. The summed E-state index contributed by atoms with van der Waals surface area (Å²) < 4.78 is 0. The Labute approximate surface area is 105 Å². The lowest BCUT2D eigenvalue weighted by Crippen LogP contribution is -2.39. The van der Waals surface area contributed by atoms with Crippen LogP contribution in [0.1, 0.15) is 58.3 Å². The van der Waals surface area contributed by atoms with E-state index in [9.17, 15) is 4.79 Å². The van der Waals surface area contributed by atoms with Gasteiger partial charge in [-0.1, -0.05) is 39.0 Å². The van der Waals surface area contributed by atoms with Gasteiger partial charge in [-0.2, -0.15) is 0 Å². The smallest absolute Gasteiger partial charge is 0.225 e. The van der Waals surface area contributed by atoms with Gasteiger partial charge in [0.2, 0.25) is 5.91 Å². The zero-order chi connectivity index (χ0) is 12.5. The number of amides is 1. The molecule has 0 radical (unpaired) electrons. The first kappa shape index (κ1) is 14.5. The van der Waals surface area contributed by atoms with Crippen molar-refractivity contribution < 1.29 is 9.90 Å². The predicted octanol–water partition coefficient (Wildman–Crippen LogP) is 2.58. The molecular formula is C14H27NO2. The summed E-state index contributed by atoms with van der Waals surface area (Å²) in [6.07, 6.45) is 9.17. The molecule has 0 heterocycles. The van der Waals surface area contributed by atoms with Gasteiger partial charge in [-0.05, 0) is 19.3 Å². The first-order chi connectivity index (χ1) is 8.29. The van der Waals surface area contributed by atoms with Crippen LogP contribution in [0.2, 0.25) is 0 Å². The van der Waals surface area contributed by atoms with Crippen molar-refractivity contribution in [2.24, 2.45) is 5.92 Å². The molecule has 1 aliphatic carbocycles. The molecule has 1 aliphatic rings. The van der Waals surface area contributed by atoms with Gasteiger partial charge in [0.15, 0.2) is 0 Å². The van der Waals surface area contributed by atoms with E-state index in [2.05, 4.69) is 6.92 Å². The quantitative estimate of drug-likeness (QED) is 0.696. The minimum Gasteiger partial charge on any atom is -0.395 e. The van der Waals surface area contributed by atoms with Crippen molar-refractivity contribution in [1.82, 2.24) is 4.90 Å². The Morgan fingerprint density at radius 1 is 1.18 bits per heavy atom. The summed E-state index contributed by atoms with van der Waals surface area (Å²) in [4.78, 5) is 14.2. The Morgan fingerprint density at radius 2 is 1.88 bits per heavy atom. The van der Waals surface area contributed by atoms with Crippen LogP contribution in [0.4, 0.5) is 0 Å². The number of nitrogens with zero attached hydrogens (tertiary/aromatic N) is 1. The predicted molar refractivity (Wildman–Crippen MR) is 69.8 cm³/mol. The second-order valence-corrected chi connectivity index (χ2v) is 5.09. The molecule has 0 bridgehead atoms. The molecule has 0 unspecified atom stereocenters. The summed E-state index contributed by atoms with van der Waals surface area (Å²) in [6, 6.07) is 0. The maximum Gasteiger partial charge on any atom is 0.225 e. The molecule has 3 heteroatoms. The van der Waals surface area contributed by atoms with Gasteiger partial charge in [0.25, 0.3) is 0 Å². The molecule has 1 N–H and O–H groups in total. The van der Waals surface area contributed by atoms with Gasteiger partial charge < -0.3 is 10.0 Å². The van der Waals surface area contributed by atoms with Crippen LogP contribution in [0.25, 0.3) is 0 Å². The van der Waals surface area contributed by atoms with E-state index in [1.165, 1.54) is 32.1 Å². The molecule has 100 valence electrons. The average molecular weight is 241 g/mol. The normalized spacial score (nSPS) is 17.1. The summed E-state index contributed by atoms with van der Waals surface area (Å²) in [7, 11) is 0. The number of aliphatic hydroxyl groups is 1. The lowest BCUT2D eigenvalue weighted by Gasteiger charge is -2.29. The van der Waals surface area contributed by atoms with Crippen molar-refractivity contribution in [3.63, 3.8) is 0 Å². The van der Waals surface area contributed by atoms with Crippen molar-refractivity contribution >= 4 is 5.91 Å². The fourth-order valence-electron chi connectivity index (χ4n) is 2.61. The third-order valence-electron chi connectivity index (χ3n) is 3.67. The Morgan fingerprint density at radius 3 is 2.47 bits per heavy atom. The van der Waals surface area contributed by atoms with Crippen molar-refractivity contribution in [3.05, 3.63) is 0 Å². The molecule has 3 nitrogen and oxygen atoms in total. The minimum atomic E-state index is 0.0879. The number of hydrogen-bond donors (Lipinski definition) is 1. The first-order valence-corrected chi connectivity index (χ1v) is 7.19. The lowest BCUT2D eigenvalue weighted by atomic mass is 9.88. The molecule has 1 rings (SSSR count). The van der Waals surface area contributed by atoms with Crippen LogP contribution in [0.5, 0.6) is 0 Å². The van der Waals surface area contributed by atoms with E-state index in [1.807, 2.05) is 4.90 Å². The number of carbonyl (C=O) groups is 1. The van der Waals surface area contributed by atoms with Gasteiger partial charge in [0.05, 0.1) is 6.61 Å². The summed E-state index contributed by atoms with van der Waals surface area (Å²) in [5.74, 6) is 0.520. The Hall–Kier alpha value is -0.570. The zero-order valence-electron chi connectivity index (χ0n) is 11.2. The second kappa shape index (κ2) is 8.51. The number of hydrogen-bond acceptors (Lipinski definition) is 2. The van der Waals surface area contributed by atoms with Crippen LogP contribution in [0.15, 0.2) is 0 Å². The molecule has 1 amide bonds. The molecule has 1 saturated carbocycles. The lowest BCUT2D eigenvalue weighted by molar-refractivity contribution is -0.137. The highest BCUT2D eigenvalue weighted by molar-refractivity contribution is 5.78. The van der Waals surface area contributed by atoms with Crippen LogP contribution < -0.4 is 0 Å². The molecule has 17 heavy (non-hydrogen) atoms. The number of unbranched alkanes of at least 4 members (excludes halogenated alkanes) is 2. The van der Waals surface area contributed by atoms with Crippen LogP contribution in [-0.4, -0.2) is 35.6 Å². The fourth-order valence-corrected chi connectivity index (χ4v) is 2.61. The van der Waals surface area contributed by atoms with Gasteiger partial charge in [0.1, 0.15) is 0 Å². The monoisotopic (exact) mass is 241 g/mol. The van der Waals surface area contributed by atoms with Crippen molar-refractivity contribution in [3.8, 4) is 0 Å². The summed E-state index contributed by atoms with van der Waals surface area (Å²) >= 11 is 0. The maximum atomic E-state index is 12.3. The van der Waals surface area contributed by atoms with E-state index in [-0.39, 0.29) is 18.4 Å². The molecule has 1 fully saturated rings. The maximum absolute atomic E-state index is 12.3. The van der Waals surface area contributed by atoms with Gasteiger partial charge in [-0.25, -0.2) is 0 Å². The van der Waals surface area contributed by atoms with Crippen LogP contribution in [-0.2, 0) is 4.79 Å². The highest BCUT2D eigenvalue weighted by atomic mass is 16.3. The van der Waals surface area contributed by atoms with Crippen molar-refractivity contribution in [1.29, 1.82) is 0 Å². The average Bonchev–Trinajstić information content (AvgIpc) is 2.38. The molecule has 0 aromatic rings. The summed E-state index contributed by atoms with van der Waals surface area (Å²) in [6.45, 7) is 3.59. The van der Waals surface area contributed by atoms with Gasteiger partial charge >= 0.3 is 0 Å². The largest absolute Gasteiger partial charge is 0.395 e. The molecule has 0 atom stereocenters. The highest BCUT2D eigenvalue weighted by Crippen LogP contribution is 2.25. The minimum absolute atomic E-state index is 0.0879. The van der Waals surface area contributed by atoms with E-state index >= 15 is 0 Å². The highest BCUT2D eigenvalue weighted by Gasteiger charge is 2.25. The third-order valence-corrected chi connectivity index (χ3v) is 3.67. The van der Waals surface area contributed by atoms with Gasteiger partial charge in [-0.15, -0.1) is 0 Å². The van der Waals surface area contributed by atoms with E-state index < -0.39 is 0 Å². The summed E-state index contributed by atoms with van der Waals surface area (Å²) in [5, 5.41) is 9.05. The van der Waals surface area contributed by atoms with E-state index in [0.29, 0.717) is 6.54 Å². The SMILES string of the molecule is CCCCCN(CCO)C(=O)C1CCCCC1. The Bertz CT molecular complexity index is 212.